The van der Waals surface area contributed by atoms with Gasteiger partial charge in [0.25, 0.3) is 0 Å². The third kappa shape index (κ3) is 4.62. The fourth-order valence-corrected chi connectivity index (χ4v) is 8.30. The molecule has 8 aromatic carbocycles. The lowest BCUT2D eigenvalue weighted by Gasteiger charge is -2.24. The molecule has 1 aliphatic rings. The van der Waals surface area contributed by atoms with E-state index < -0.39 is 0 Å². The van der Waals surface area contributed by atoms with Crippen LogP contribution in [0.2, 0.25) is 0 Å². The predicted octanol–water partition coefficient (Wildman–Crippen LogP) is 12.3. The summed E-state index contributed by atoms with van der Waals surface area (Å²) in [5.41, 5.74) is 10.7. The van der Waals surface area contributed by atoms with Gasteiger partial charge in [-0.2, -0.15) is 0 Å². The normalized spacial score (nSPS) is 13.1. The molecule has 0 bridgehead atoms. The molecule has 51 heavy (non-hydrogen) atoms. The average molecular weight is 652 g/mol. The molecule has 0 saturated carbocycles. The van der Waals surface area contributed by atoms with Crippen LogP contribution < -0.4 is 0 Å². The predicted molar refractivity (Wildman–Crippen MR) is 212 cm³/mol. The van der Waals surface area contributed by atoms with Gasteiger partial charge in [0.1, 0.15) is 0 Å². The number of aromatic nitrogens is 3. The Kier molecular flexibility index (Phi) is 6.53. The lowest BCUT2D eigenvalue weighted by atomic mass is 9.78. The van der Waals surface area contributed by atoms with E-state index >= 15 is 0 Å². The smallest absolute Gasteiger partial charge is 0.164 e. The highest BCUT2D eigenvalue weighted by atomic mass is 15.0. The maximum atomic E-state index is 5.27. The number of hydrogen-bond acceptors (Lipinski definition) is 3. The van der Waals surface area contributed by atoms with Gasteiger partial charge >= 0.3 is 0 Å². The van der Waals surface area contributed by atoms with Crippen molar-refractivity contribution < 1.29 is 0 Å². The molecule has 1 heterocycles. The third-order valence-corrected chi connectivity index (χ3v) is 10.7. The summed E-state index contributed by atoms with van der Waals surface area (Å²) < 4.78 is 0. The van der Waals surface area contributed by atoms with Gasteiger partial charge in [0.2, 0.25) is 0 Å². The van der Waals surface area contributed by atoms with Crippen LogP contribution in [-0.4, -0.2) is 15.0 Å². The van der Waals surface area contributed by atoms with Gasteiger partial charge in [0, 0.05) is 22.1 Å². The van der Waals surface area contributed by atoms with Gasteiger partial charge in [-0.25, -0.2) is 15.0 Å². The molecule has 0 spiro atoms. The molecule has 0 unspecified atom stereocenters. The van der Waals surface area contributed by atoms with Crippen LogP contribution in [0.15, 0.2) is 164 Å². The van der Waals surface area contributed by atoms with Crippen molar-refractivity contribution in [2.24, 2.45) is 0 Å². The molecule has 10 rings (SSSR count). The van der Waals surface area contributed by atoms with Crippen molar-refractivity contribution >= 4 is 32.3 Å². The molecule has 0 N–H and O–H groups in total. The maximum absolute atomic E-state index is 5.27. The third-order valence-electron chi connectivity index (χ3n) is 10.7. The molecule has 1 aromatic heterocycles. The second-order valence-electron chi connectivity index (χ2n) is 14.0. The molecule has 0 fully saturated rings. The topological polar surface area (TPSA) is 38.7 Å². The van der Waals surface area contributed by atoms with Crippen molar-refractivity contribution in [3.63, 3.8) is 0 Å². The number of nitrogens with zero attached hydrogens (tertiary/aromatic N) is 3. The number of benzene rings is 8. The van der Waals surface area contributed by atoms with Gasteiger partial charge < -0.3 is 0 Å². The quantitative estimate of drug-likeness (QED) is 0.190. The zero-order valence-corrected chi connectivity index (χ0v) is 28.4. The SMILES string of the molecule is CC1(C)c2ccccc2-c2cccc(-c3ccc4cccc(-c5nc(-c6cccc7ccccc67)nc(-c6cccc7ccccc67)n5)c4c3)c21. The van der Waals surface area contributed by atoms with Crippen molar-refractivity contribution in [2.45, 2.75) is 19.3 Å². The molecule has 240 valence electrons. The Hall–Kier alpha value is -6.45. The highest BCUT2D eigenvalue weighted by molar-refractivity contribution is 6.01. The van der Waals surface area contributed by atoms with Gasteiger partial charge in [0.15, 0.2) is 17.5 Å². The Morgan fingerprint density at radius 2 is 0.784 bits per heavy atom. The van der Waals surface area contributed by atoms with Crippen molar-refractivity contribution in [2.75, 3.05) is 0 Å². The Balaban J connectivity index is 1.21. The highest BCUT2D eigenvalue weighted by Crippen LogP contribution is 2.52. The summed E-state index contributed by atoms with van der Waals surface area (Å²) in [5.74, 6) is 1.98. The Bertz CT molecular complexity index is 2740. The van der Waals surface area contributed by atoms with Crippen LogP contribution in [0.25, 0.3) is 88.7 Å². The van der Waals surface area contributed by atoms with Crippen molar-refractivity contribution in [3.05, 3.63) is 175 Å². The van der Waals surface area contributed by atoms with Crippen LogP contribution in [0.1, 0.15) is 25.0 Å². The first kappa shape index (κ1) is 29.5. The molecule has 9 aromatic rings. The van der Waals surface area contributed by atoms with Crippen LogP contribution in [0, 0.1) is 0 Å². The van der Waals surface area contributed by atoms with Crippen LogP contribution >= 0.6 is 0 Å². The summed E-state index contributed by atoms with van der Waals surface area (Å²) in [6.07, 6.45) is 0. The van der Waals surface area contributed by atoms with E-state index in [1.807, 2.05) is 0 Å². The molecule has 1 aliphatic carbocycles. The Morgan fingerprint density at radius 3 is 1.41 bits per heavy atom. The van der Waals surface area contributed by atoms with E-state index in [-0.39, 0.29) is 5.41 Å². The summed E-state index contributed by atoms with van der Waals surface area (Å²) in [6, 6.07) is 58.4. The van der Waals surface area contributed by atoms with Gasteiger partial charge in [-0.1, -0.05) is 172 Å². The van der Waals surface area contributed by atoms with Crippen LogP contribution in [0.3, 0.4) is 0 Å². The Morgan fingerprint density at radius 1 is 0.353 bits per heavy atom. The summed E-state index contributed by atoms with van der Waals surface area (Å²) >= 11 is 0. The highest BCUT2D eigenvalue weighted by Gasteiger charge is 2.37. The monoisotopic (exact) mass is 651 g/mol. The average Bonchev–Trinajstić information content (AvgIpc) is 3.43. The summed E-state index contributed by atoms with van der Waals surface area (Å²) in [6.45, 7) is 4.70. The summed E-state index contributed by atoms with van der Waals surface area (Å²) in [4.78, 5) is 15.7. The second kappa shape index (κ2) is 11.3. The molecular formula is C48H33N3. The number of rotatable bonds is 4. The number of fused-ring (bicyclic) bond motifs is 6. The maximum Gasteiger partial charge on any atom is 0.164 e. The van der Waals surface area contributed by atoms with Gasteiger partial charge in [-0.3, -0.25) is 0 Å². The molecule has 0 saturated heterocycles. The van der Waals surface area contributed by atoms with Gasteiger partial charge in [-0.15, -0.1) is 0 Å². The lowest BCUT2D eigenvalue weighted by molar-refractivity contribution is 0.662. The van der Waals surface area contributed by atoms with E-state index in [9.17, 15) is 0 Å². The molecule has 0 aliphatic heterocycles. The fourth-order valence-electron chi connectivity index (χ4n) is 8.30. The minimum absolute atomic E-state index is 0.119. The van der Waals surface area contributed by atoms with E-state index in [0.717, 1.165) is 49.0 Å². The van der Waals surface area contributed by atoms with Crippen molar-refractivity contribution in [3.8, 4) is 56.4 Å². The summed E-state index contributed by atoms with van der Waals surface area (Å²) in [5, 5.41) is 6.79. The number of hydrogen-bond donors (Lipinski definition) is 0. The van der Waals surface area contributed by atoms with Gasteiger partial charge in [0.05, 0.1) is 0 Å². The second-order valence-corrected chi connectivity index (χ2v) is 14.0. The minimum atomic E-state index is -0.119. The molecule has 0 atom stereocenters. The largest absolute Gasteiger partial charge is 0.208 e. The standard InChI is InChI=1S/C48H33N3/c1-48(2)43-26-8-7-20-37(43)38-22-12-21-36(44(38)48)33-28-27-32-17-11-25-41(42(32)29-33)47-50-45(39-23-9-15-30-13-3-5-18-34(30)39)49-46(51-47)40-24-10-16-31-14-4-6-19-35(31)40/h3-29H,1-2H3. The fraction of sp³-hybridized carbons (Fsp3) is 0.0625. The molecule has 3 heteroatoms. The van der Waals surface area contributed by atoms with Crippen LogP contribution in [-0.2, 0) is 5.41 Å². The van der Waals surface area contributed by atoms with E-state index in [0.29, 0.717) is 17.5 Å². The zero-order chi connectivity index (χ0) is 34.1. The van der Waals surface area contributed by atoms with Gasteiger partial charge in [-0.05, 0) is 71.8 Å². The summed E-state index contributed by atoms with van der Waals surface area (Å²) in [7, 11) is 0. The van der Waals surface area contributed by atoms with Crippen LogP contribution in [0.4, 0.5) is 0 Å². The van der Waals surface area contributed by atoms with Crippen molar-refractivity contribution in [1.82, 2.24) is 15.0 Å². The van der Waals surface area contributed by atoms with E-state index in [4.69, 9.17) is 15.0 Å². The van der Waals surface area contributed by atoms with Crippen molar-refractivity contribution in [1.29, 1.82) is 0 Å². The zero-order valence-electron chi connectivity index (χ0n) is 28.4. The van der Waals surface area contributed by atoms with E-state index in [2.05, 4.69) is 178 Å². The van der Waals surface area contributed by atoms with E-state index in [1.54, 1.807) is 0 Å². The minimum Gasteiger partial charge on any atom is -0.208 e. The lowest BCUT2D eigenvalue weighted by Crippen LogP contribution is -2.16. The molecular weight excluding hydrogens is 619 g/mol. The first-order valence-electron chi connectivity index (χ1n) is 17.5. The van der Waals surface area contributed by atoms with E-state index in [1.165, 1.54) is 33.4 Å². The van der Waals surface area contributed by atoms with Crippen LogP contribution in [0.5, 0.6) is 0 Å². The molecule has 0 amide bonds. The molecule has 0 radical (unpaired) electrons. The first-order chi connectivity index (χ1) is 25.0. The Labute approximate surface area is 297 Å². The first-order valence-corrected chi connectivity index (χ1v) is 17.5. The molecule has 3 nitrogen and oxygen atoms in total.